The minimum atomic E-state index is -2.01. The normalized spacial score (nSPS) is 28.6. The topological polar surface area (TPSA) is 143 Å². The highest BCUT2D eigenvalue weighted by Gasteiger charge is 2.56. The second kappa shape index (κ2) is 9.16. The van der Waals surface area contributed by atoms with Crippen molar-refractivity contribution in [3.8, 4) is 0 Å². The third-order valence-electron chi connectivity index (χ3n) is 4.27. The maximum Gasteiger partial charge on any atom is 0.351 e. The zero-order valence-electron chi connectivity index (χ0n) is 14.7. The number of anilines is 1. The van der Waals surface area contributed by atoms with E-state index in [2.05, 4.69) is 4.98 Å². The number of hydrogen-bond donors (Lipinski definition) is 3. The zero-order valence-corrected chi connectivity index (χ0v) is 16.3. The number of alkyl halides is 2. The Morgan fingerprint density at radius 2 is 2.22 bits per heavy atom. The molecule has 2 rings (SSSR count). The summed E-state index contributed by atoms with van der Waals surface area (Å²) in [5, 5.41) is 10.3. The first kappa shape index (κ1) is 23.6. The first-order valence-corrected chi connectivity index (χ1v) is 8.49. The van der Waals surface area contributed by atoms with Crippen molar-refractivity contribution in [3.63, 3.8) is 0 Å². The molecule has 1 aromatic heterocycles. The summed E-state index contributed by atoms with van der Waals surface area (Å²) in [5.41, 5.74) is 8.51. The van der Waals surface area contributed by atoms with E-state index in [4.69, 9.17) is 32.5 Å². The fourth-order valence-electron chi connectivity index (χ4n) is 2.48. The molecule has 12 heteroatoms. The molecule has 1 fully saturated rings. The molecule has 1 aliphatic rings. The largest absolute Gasteiger partial charge is 0.461 e. The van der Waals surface area contributed by atoms with E-state index in [1.807, 2.05) is 0 Å². The van der Waals surface area contributed by atoms with Crippen LogP contribution in [0.1, 0.15) is 20.1 Å². The van der Waals surface area contributed by atoms with E-state index in [9.17, 15) is 19.1 Å². The molecule has 27 heavy (non-hydrogen) atoms. The van der Waals surface area contributed by atoms with Crippen molar-refractivity contribution < 1.29 is 23.8 Å². The number of aliphatic hydroxyl groups excluding tert-OH is 1. The molecule has 0 unspecified atom stereocenters. The Kier molecular flexibility index (Phi) is 8.00. The van der Waals surface area contributed by atoms with Gasteiger partial charge in [-0.25, -0.2) is 9.18 Å². The van der Waals surface area contributed by atoms with E-state index >= 15 is 0 Å². The molecule has 154 valence electrons. The van der Waals surface area contributed by atoms with Gasteiger partial charge in [-0.3, -0.25) is 9.36 Å². The highest BCUT2D eigenvalue weighted by atomic mass is 35.5. The first-order chi connectivity index (χ1) is 12.1. The number of carbonyl (C=O) groups is 1. The number of halogens is 3. The predicted octanol–water partition coefficient (Wildman–Crippen LogP) is -0.0208. The average Bonchev–Trinajstić information content (AvgIpc) is 2.84. The summed E-state index contributed by atoms with van der Waals surface area (Å²) in [6.07, 6.45) is -4.05. The van der Waals surface area contributed by atoms with Gasteiger partial charge in [-0.05, 0) is 12.0 Å². The van der Waals surface area contributed by atoms with Crippen LogP contribution in [0.3, 0.4) is 0 Å². The predicted molar refractivity (Wildman–Crippen MR) is 98.4 cm³/mol. The van der Waals surface area contributed by atoms with Gasteiger partial charge in [0, 0.05) is 6.20 Å². The van der Waals surface area contributed by atoms with Gasteiger partial charge in [0.25, 0.3) is 0 Å². The molecular weight excluding hydrogens is 406 g/mol. The van der Waals surface area contributed by atoms with Gasteiger partial charge in [-0.15, -0.1) is 24.0 Å². The Hall–Kier alpha value is -1.46. The molecule has 0 saturated carbocycles. The van der Waals surface area contributed by atoms with Gasteiger partial charge in [0.15, 0.2) is 12.4 Å². The van der Waals surface area contributed by atoms with E-state index in [0.717, 1.165) is 4.57 Å². The van der Waals surface area contributed by atoms with Crippen LogP contribution in [0.5, 0.6) is 0 Å². The molecule has 5 atom stereocenters. The molecule has 0 aliphatic carbocycles. The second-order valence-corrected chi connectivity index (χ2v) is 6.78. The summed E-state index contributed by atoms with van der Waals surface area (Å²) in [6.45, 7) is 2.95. The lowest BCUT2D eigenvalue weighted by Gasteiger charge is -2.29. The number of esters is 1. The average molecular weight is 429 g/mol. The summed E-state index contributed by atoms with van der Waals surface area (Å²) >= 11 is 5.87. The molecule has 1 aliphatic heterocycles. The Bertz CT molecular complexity index is 722. The van der Waals surface area contributed by atoms with E-state index < -0.39 is 48.4 Å². The Labute approximate surface area is 166 Å². The molecular formula is C15H23Cl2FN4O5. The summed E-state index contributed by atoms with van der Waals surface area (Å²) in [6, 6.07) is 0.397. The lowest BCUT2D eigenvalue weighted by molar-refractivity contribution is -0.164. The molecule has 0 amide bonds. The number of hydrogen-bond acceptors (Lipinski definition) is 8. The Morgan fingerprint density at radius 1 is 1.59 bits per heavy atom. The first-order valence-electron chi connectivity index (χ1n) is 7.95. The van der Waals surface area contributed by atoms with Gasteiger partial charge in [-0.1, -0.05) is 13.8 Å². The molecule has 5 N–H and O–H groups in total. The van der Waals surface area contributed by atoms with Crippen molar-refractivity contribution in [1.82, 2.24) is 9.55 Å². The summed E-state index contributed by atoms with van der Waals surface area (Å²) in [4.78, 5) is 27.3. The third-order valence-corrected chi connectivity index (χ3v) is 4.72. The van der Waals surface area contributed by atoms with Crippen molar-refractivity contribution in [3.05, 3.63) is 22.7 Å². The van der Waals surface area contributed by atoms with E-state index in [-0.39, 0.29) is 30.0 Å². The van der Waals surface area contributed by atoms with Crippen LogP contribution in [0, 0.1) is 5.92 Å². The fourth-order valence-corrected chi connectivity index (χ4v) is 2.78. The van der Waals surface area contributed by atoms with Crippen LogP contribution in [0.25, 0.3) is 0 Å². The zero-order chi connectivity index (χ0) is 19.6. The van der Waals surface area contributed by atoms with Crippen LogP contribution >= 0.6 is 24.0 Å². The molecule has 1 saturated heterocycles. The van der Waals surface area contributed by atoms with Crippen LogP contribution in [-0.4, -0.2) is 57.0 Å². The SMILES string of the molecule is CC(C)[C@H](N)C(=O)OC[C@@]1(CCl)O[C@@H](n2ccc(N)nc2=O)[C@H](F)[C@@H]1O.Cl. The van der Waals surface area contributed by atoms with Crippen LogP contribution in [0.15, 0.2) is 17.1 Å². The van der Waals surface area contributed by atoms with E-state index in [1.54, 1.807) is 13.8 Å². The van der Waals surface area contributed by atoms with Crippen molar-refractivity contribution in [1.29, 1.82) is 0 Å². The third kappa shape index (κ3) is 4.69. The molecule has 9 nitrogen and oxygen atoms in total. The number of nitrogens with zero attached hydrogens (tertiary/aromatic N) is 2. The molecule has 0 spiro atoms. The summed E-state index contributed by atoms with van der Waals surface area (Å²) in [5.74, 6) is -1.33. The monoisotopic (exact) mass is 428 g/mol. The number of rotatable bonds is 6. The highest BCUT2D eigenvalue weighted by Crippen LogP contribution is 2.39. The number of aromatic nitrogens is 2. The summed E-state index contributed by atoms with van der Waals surface area (Å²) < 4.78 is 26.1. The number of nitrogens with two attached hydrogens (primary N) is 2. The minimum Gasteiger partial charge on any atom is -0.461 e. The molecule has 1 aromatic rings. The Balaban J connectivity index is 0.00000364. The summed E-state index contributed by atoms with van der Waals surface area (Å²) in [7, 11) is 0. The van der Waals surface area contributed by atoms with Crippen molar-refractivity contribution in [2.45, 2.75) is 44.0 Å². The molecule has 0 aromatic carbocycles. The van der Waals surface area contributed by atoms with Gasteiger partial charge >= 0.3 is 11.7 Å². The number of ether oxygens (including phenoxy) is 2. The van der Waals surface area contributed by atoms with Gasteiger partial charge in [0.2, 0.25) is 0 Å². The van der Waals surface area contributed by atoms with E-state index in [0.29, 0.717) is 0 Å². The number of nitrogen functional groups attached to an aromatic ring is 1. The van der Waals surface area contributed by atoms with Gasteiger partial charge < -0.3 is 26.0 Å². The Morgan fingerprint density at radius 3 is 2.74 bits per heavy atom. The minimum absolute atomic E-state index is 0. The number of carbonyl (C=O) groups excluding carboxylic acids is 1. The smallest absolute Gasteiger partial charge is 0.351 e. The molecule has 2 heterocycles. The molecule has 0 radical (unpaired) electrons. The maximum atomic E-state index is 14.6. The molecule has 0 bridgehead atoms. The highest BCUT2D eigenvalue weighted by molar-refractivity contribution is 6.18. The van der Waals surface area contributed by atoms with Crippen LogP contribution < -0.4 is 17.2 Å². The lowest BCUT2D eigenvalue weighted by atomic mass is 9.98. The number of aliphatic hydroxyl groups is 1. The fraction of sp³-hybridized carbons (Fsp3) is 0.667. The van der Waals surface area contributed by atoms with Crippen LogP contribution in [0.2, 0.25) is 0 Å². The maximum absolute atomic E-state index is 14.6. The van der Waals surface area contributed by atoms with E-state index in [1.165, 1.54) is 12.3 Å². The van der Waals surface area contributed by atoms with Crippen LogP contribution in [-0.2, 0) is 14.3 Å². The van der Waals surface area contributed by atoms with Crippen molar-refractivity contribution in [2.75, 3.05) is 18.2 Å². The van der Waals surface area contributed by atoms with Gasteiger partial charge in [0.1, 0.15) is 30.2 Å². The standard InChI is InChI=1S/C15H22ClFN4O5.ClH/c1-7(2)10(19)13(23)25-6-15(5-16)11(22)9(17)12(26-15)21-4-3-8(18)20-14(21)24;/h3-4,7,9-12,22H,5-6,19H2,1-2H3,(H2,18,20,24);1H/t9-,10+,11+,12-,15-;/m1./s1. The van der Waals surface area contributed by atoms with Crippen molar-refractivity contribution >= 4 is 35.8 Å². The second-order valence-electron chi connectivity index (χ2n) is 6.52. The van der Waals surface area contributed by atoms with Crippen molar-refractivity contribution in [2.24, 2.45) is 11.7 Å². The lowest BCUT2D eigenvalue weighted by Crippen LogP contribution is -2.50. The van der Waals surface area contributed by atoms with Gasteiger partial charge in [0.05, 0.1) is 5.88 Å². The quantitative estimate of drug-likeness (QED) is 0.423. The van der Waals surface area contributed by atoms with Gasteiger partial charge in [-0.2, -0.15) is 4.98 Å². The van der Waals surface area contributed by atoms with Crippen LogP contribution in [0.4, 0.5) is 10.2 Å².